The second kappa shape index (κ2) is 10.7. The van der Waals surface area contributed by atoms with E-state index in [9.17, 15) is 4.79 Å². The van der Waals surface area contributed by atoms with Gasteiger partial charge >= 0.3 is 0 Å². The topological polar surface area (TPSA) is 29.5 Å². The summed E-state index contributed by atoms with van der Waals surface area (Å²) in [7, 11) is 0. The Labute approximate surface area is 210 Å². The Bertz CT molecular complexity index is 1040. The second-order valence-corrected chi connectivity index (χ2v) is 11.4. The molecule has 2 aromatic carbocycles. The van der Waals surface area contributed by atoms with E-state index in [0.717, 1.165) is 29.7 Å². The van der Waals surface area contributed by atoms with Crippen LogP contribution in [0.3, 0.4) is 0 Å². The predicted molar refractivity (Wildman–Crippen MR) is 139 cm³/mol. The van der Waals surface area contributed by atoms with Gasteiger partial charge in [0.25, 0.3) is 5.91 Å². The van der Waals surface area contributed by atoms with E-state index in [1.807, 2.05) is 65.2 Å². The second-order valence-electron chi connectivity index (χ2n) is 8.71. The summed E-state index contributed by atoms with van der Waals surface area (Å²) in [4.78, 5) is 15.9. The van der Waals surface area contributed by atoms with Crippen molar-refractivity contribution in [3.63, 3.8) is 0 Å². The largest absolute Gasteiger partial charge is 0.358 e. The van der Waals surface area contributed by atoms with Crippen LogP contribution in [0.15, 0.2) is 73.0 Å². The number of hydrogen-bond acceptors (Lipinski definition) is 3. The number of thioether (sulfide) groups is 1. The molecule has 3 nitrogen and oxygen atoms in total. The van der Waals surface area contributed by atoms with Crippen LogP contribution in [0.25, 0.3) is 0 Å². The highest BCUT2D eigenvalue weighted by molar-refractivity contribution is 8.00. The van der Waals surface area contributed by atoms with Gasteiger partial charge in [-0.3, -0.25) is 4.79 Å². The van der Waals surface area contributed by atoms with Crippen molar-refractivity contribution >= 4 is 40.9 Å². The Balaban J connectivity index is 1.85. The van der Waals surface area contributed by atoms with Gasteiger partial charge in [0.05, 0.1) is 6.04 Å². The number of carbonyl (C=O) groups excluding carboxylic acids is 1. The summed E-state index contributed by atoms with van der Waals surface area (Å²) in [5.74, 6) is -0.0179. The Morgan fingerprint density at radius 2 is 1.91 bits per heavy atom. The maximum Gasteiger partial charge on any atom is 0.256 e. The fourth-order valence-corrected chi connectivity index (χ4v) is 6.25. The van der Waals surface area contributed by atoms with Crippen molar-refractivity contribution < 1.29 is 9.53 Å². The number of halogens is 2. The first kappa shape index (κ1) is 24.4. The maximum atomic E-state index is 13.9. The van der Waals surface area contributed by atoms with Crippen molar-refractivity contribution in [2.45, 2.75) is 61.9 Å². The third-order valence-electron chi connectivity index (χ3n) is 5.98. The first-order chi connectivity index (χ1) is 15.9. The number of allylic oxidation sites excluding steroid dienone is 1. The van der Waals surface area contributed by atoms with Gasteiger partial charge in [-0.1, -0.05) is 73.5 Å². The number of rotatable bonds is 7. The van der Waals surface area contributed by atoms with Gasteiger partial charge in [0, 0.05) is 27.4 Å². The summed E-state index contributed by atoms with van der Waals surface area (Å²) >= 11 is 14.5. The molecule has 0 aromatic heterocycles. The Morgan fingerprint density at radius 3 is 2.58 bits per heavy atom. The summed E-state index contributed by atoms with van der Waals surface area (Å²) in [6, 6.07) is 15.1. The van der Waals surface area contributed by atoms with Crippen molar-refractivity contribution in [3.8, 4) is 0 Å². The van der Waals surface area contributed by atoms with E-state index in [2.05, 4.69) is 26.5 Å². The van der Waals surface area contributed by atoms with Crippen LogP contribution in [0, 0.1) is 0 Å². The normalized spacial score (nSPS) is 25.4. The van der Waals surface area contributed by atoms with Gasteiger partial charge in [-0.15, -0.1) is 18.3 Å². The number of hydrogen-bond donors (Lipinski definition) is 0. The van der Waals surface area contributed by atoms with E-state index in [1.165, 1.54) is 0 Å². The van der Waals surface area contributed by atoms with Crippen molar-refractivity contribution in [1.29, 1.82) is 0 Å². The highest BCUT2D eigenvalue weighted by atomic mass is 35.5. The molecular formula is C27H29Cl2NO2S. The summed E-state index contributed by atoms with van der Waals surface area (Å²) in [5.41, 5.74) is 3.01. The number of benzene rings is 2. The first-order valence-corrected chi connectivity index (χ1v) is 13.0. The number of nitrogens with zero attached hydrogens (tertiary/aromatic N) is 1. The highest BCUT2D eigenvalue weighted by Crippen LogP contribution is 2.48. The Morgan fingerprint density at radius 1 is 1.15 bits per heavy atom. The molecule has 1 fully saturated rings. The number of morpholine rings is 1. The SMILES string of the molecule is C=CC[C@@H]1O[C@H](c2cccc(Cl)c2)[C@@H](c2ccc(Cl)cc2)N(C2=CCC[C@@H]2SC(C)C)C1=O. The van der Waals surface area contributed by atoms with Gasteiger partial charge in [-0.25, -0.2) is 0 Å². The molecule has 0 N–H and O–H groups in total. The molecule has 1 heterocycles. The molecule has 1 amide bonds. The molecule has 2 aliphatic rings. The molecule has 174 valence electrons. The Hall–Kier alpha value is -1.72. The molecule has 6 heteroatoms. The zero-order chi connectivity index (χ0) is 23.5. The van der Waals surface area contributed by atoms with Crippen LogP contribution in [0.5, 0.6) is 0 Å². The monoisotopic (exact) mass is 501 g/mol. The van der Waals surface area contributed by atoms with E-state index in [1.54, 1.807) is 6.08 Å². The van der Waals surface area contributed by atoms with E-state index in [0.29, 0.717) is 21.7 Å². The molecule has 1 aliphatic carbocycles. The van der Waals surface area contributed by atoms with Gasteiger partial charge in [-0.2, -0.15) is 0 Å². The molecule has 4 rings (SSSR count). The van der Waals surface area contributed by atoms with Crippen LogP contribution in [-0.2, 0) is 9.53 Å². The highest BCUT2D eigenvalue weighted by Gasteiger charge is 2.47. The molecule has 0 bridgehead atoms. The van der Waals surface area contributed by atoms with Crippen molar-refractivity contribution in [2.75, 3.05) is 0 Å². The Kier molecular flexibility index (Phi) is 7.91. The quantitative estimate of drug-likeness (QED) is 0.362. The average Bonchev–Trinajstić information content (AvgIpc) is 3.22. The van der Waals surface area contributed by atoms with Crippen LogP contribution in [0.1, 0.15) is 56.4 Å². The predicted octanol–water partition coefficient (Wildman–Crippen LogP) is 7.77. The van der Waals surface area contributed by atoms with Crippen LogP contribution in [0.2, 0.25) is 10.0 Å². The molecule has 0 radical (unpaired) electrons. The molecule has 33 heavy (non-hydrogen) atoms. The third-order valence-corrected chi connectivity index (χ3v) is 7.82. The average molecular weight is 503 g/mol. The number of amides is 1. The van der Waals surface area contributed by atoms with E-state index in [4.69, 9.17) is 27.9 Å². The van der Waals surface area contributed by atoms with Gasteiger partial charge < -0.3 is 9.64 Å². The minimum Gasteiger partial charge on any atom is -0.358 e. The standard InChI is InChI=1S/C27H29Cl2NO2S/c1-4-7-23-27(31)30(22-10-6-11-24(22)33-17(2)3)25(18-12-14-20(28)15-13-18)26(32-23)19-8-5-9-21(29)16-19/h4-5,8-10,12-17,23-26H,1,6-7,11H2,2-3H3/t23-,24-,25+,26+/m0/s1. The number of ether oxygens (including phenoxy) is 1. The minimum absolute atomic E-state index is 0.0179. The lowest BCUT2D eigenvalue weighted by atomic mass is 9.90. The lowest BCUT2D eigenvalue weighted by molar-refractivity contribution is -0.169. The van der Waals surface area contributed by atoms with Crippen LogP contribution >= 0.6 is 35.0 Å². The maximum absolute atomic E-state index is 13.9. The van der Waals surface area contributed by atoms with Crippen LogP contribution in [0.4, 0.5) is 0 Å². The van der Waals surface area contributed by atoms with Crippen molar-refractivity contribution in [1.82, 2.24) is 4.90 Å². The summed E-state index contributed by atoms with van der Waals surface area (Å²) in [6.45, 7) is 8.26. The molecule has 4 atom stereocenters. The molecule has 2 aromatic rings. The minimum atomic E-state index is -0.596. The fourth-order valence-electron chi connectivity index (χ4n) is 4.64. The summed E-state index contributed by atoms with van der Waals surface area (Å²) in [6.07, 6.45) is 5.46. The summed E-state index contributed by atoms with van der Waals surface area (Å²) in [5, 5.41) is 2.04. The summed E-state index contributed by atoms with van der Waals surface area (Å²) < 4.78 is 6.50. The number of carbonyl (C=O) groups is 1. The third kappa shape index (κ3) is 5.35. The molecule has 1 saturated heterocycles. The molecule has 0 unspecified atom stereocenters. The van der Waals surface area contributed by atoms with Gasteiger partial charge in [0.2, 0.25) is 0 Å². The zero-order valence-corrected chi connectivity index (χ0v) is 21.2. The lowest BCUT2D eigenvalue weighted by Gasteiger charge is -2.46. The van der Waals surface area contributed by atoms with E-state index in [-0.39, 0.29) is 23.3 Å². The van der Waals surface area contributed by atoms with Crippen molar-refractivity contribution in [2.24, 2.45) is 0 Å². The molecule has 0 saturated carbocycles. The van der Waals surface area contributed by atoms with Crippen LogP contribution < -0.4 is 0 Å². The molecule has 1 aliphatic heterocycles. The van der Waals surface area contributed by atoms with Gasteiger partial charge in [0.1, 0.15) is 12.2 Å². The molecule has 0 spiro atoms. The van der Waals surface area contributed by atoms with E-state index < -0.39 is 6.10 Å². The van der Waals surface area contributed by atoms with E-state index >= 15 is 0 Å². The van der Waals surface area contributed by atoms with Gasteiger partial charge in [-0.05, 0) is 53.5 Å². The first-order valence-electron chi connectivity index (χ1n) is 11.3. The lowest BCUT2D eigenvalue weighted by Crippen LogP contribution is -2.51. The van der Waals surface area contributed by atoms with Crippen molar-refractivity contribution in [3.05, 3.63) is 94.1 Å². The van der Waals surface area contributed by atoms with Gasteiger partial charge in [0.15, 0.2) is 0 Å². The molecular weight excluding hydrogens is 473 g/mol. The van der Waals surface area contributed by atoms with Crippen LogP contribution in [-0.4, -0.2) is 27.4 Å². The smallest absolute Gasteiger partial charge is 0.256 e. The fraction of sp³-hybridized carbons (Fsp3) is 0.370. The zero-order valence-electron chi connectivity index (χ0n) is 18.9.